The Kier molecular flexibility index (Phi) is 10.5. The van der Waals surface area contributed by atoms with Crippen LogP contribution >= 0.6 is 22.9 Å². The zero-order valence-corrected chi connectivity index (χ0v) is 25.4. The smallest absolute Gasteiger partial charge is 0.224 e. The van der Waals surface area contributed by atoms with Gasteiger partial charge in [-0.25, -0.2) is 13.4 Å². The molecule has 4 rings (SSSR count). The summed E-state index contributed by atoms with van der Waals surface area (Å²) in [5, 5.41) is 4.63. The molecule has 2 aromatic rings. The lowest BCUT2D eigenvalue weighted by Crippen LogP contribution is -2.44. The summed E-state index contributed by atoms with van der Waals surface area (Å²) in [5.41, 5.74) is 1.29. The highest BCUT2D eigenvalue weighted by Crippen LogP contribution is 2.31. The van der Waals surface area contributed by atoms with Crippen LogP contribution in [0.4, 0.5) is 0 Å². The monoisotopic (exact) mass is 607 g/mol. The van der Waals surface area contributed by atoms with Gasteiger partial charge >= 0.3 is 0 Å². The predicted molar refractivity (Wildman–Crippen MR) is 159 cm³/mol. The second-order valence-corrected chi connectivity index (χ2v) is 15.0. The average Bonchev–Trinajstić information content (AvgIpc) is 3.56. The predicted octanol–water partition coefficient (Wildman–Crippen LogP) is 4.40. The second kappa shape index (κ2) is 13.7. The van der Waals surface area contributed by atoms with Crippen molar-refractivity contribution in [1.29, 1.82) is 0 Å². The van der Waals surface area contributed by atoms with Gasteiger partial charge in [-0.1, -0.05) is 31.0 Å². The van der Waals surface area contributed by atoms with Gasteiger partial charge in [-0.15, -0.1) is 11.3 Å². The van der Waals surface area contributed by atoms with Crippen LogP contribution in [0, 0.1) is 11.8 Å². The number of aromatic nitrogens is 1. The lowest BCUT2D eigenvalue weighted by molar-refractivity contribution is -0.129. The largest absolute Gasteiger partial charge is 0.353 e. The van der Waals surface area contributed by atoms with Gasteiger partial charge in [-0.2, -0.15) is 0 Å². The molecule has 0 radical (unpaired) electrons. The number of nitrogens with zero attached hydrogens (tertiary/aromatic N) is 2. The van der Waals surface area contributed by atoms with E-state index in [1.807, 2.05) is 17.0 Å². The molecule has 0 spiro atoms. The van der Waals surface area contributed by atoms with Crippen molar-refractivity contribution < 1.29 is 22.8 Å². The van der Waals surface area contributed by atoms with Crippen molar-refractivity contribution in [2.45, 2.75) is 64.3 Å². The first kappa shape index (κ1) is 30.8. The third-order valence-corrected chi connectivity index (χ3v) is 10.8. The van der Waals surface area contributed by atoms with Crippen molar-refractivity contribution in [2.24, 2.45) is 11.8 Å². The molecule has 1 aliphatic carbocycles. The number of carbonyl (C=O) groups is 3. The summed E-state index contributed by atoms with van der Waals surface area (Å²) >= 11 is 7.60. The molecule has 1 aromatic carbocycles. The Morgan fingerprint density at radius 3 is 2.58 bits per heavy atom. The molecule has 40 heavy (non-hydrogen) atoms. The van der Waals surface area contributed by atoms with Crippen molar-refractivity contribution in [1.82, 2.24) is 15.2 Å². The molecule has 1 saturated carbocycles. The number of Topliss-reactive ketones (excluding diaryl/α,β-unsaturated/α-hetero) is 2. The average molecular weight is 608 g/mol. The summed E-state index contributed by atoms with van der Waals surface area (Å²) in [7, 11) is -2.98. The molecule has 2 aliphatic rings. The normalized spacial score (nSPS) is 19.4. The minimum absolute atomic E-state index is 0.0564. The van der Waals surface area contributed by atoms with Gasteiger partial charge in [0.1, 0.15) is 5.78 Å². The van der Waals surface area contributed by atoms with Crippen molar-refractivity contribution in [2.75, 3.05) is 31.1 Å². The van der Waals surface area contributed by atoms with Gasteiger partial charge in [0.05, 0.1) is 32.6 Å². The lowest BCUT2D eigenvalue weighted by atomic mass is 9.90. The number of hydrogen-bond donors (Lipinski definition) is 1. The van der Waals surface area contributed by atoms with Crippen LogP contribution in [-0.2, 0) is 30.6 Å². The van der Waals surface area contributed by atoms with Crippen LogP contribution in [0.2, 0.25) is 5.02 Å². The van der Waals surface area contributed by atoms with E-state index in [0.29, 0.717) is 49.0 Å². The standard InChI is InChI=1S/C29H38ClN3O5S2/c1-19(18-33-11-13-40(37,38)14-12-33)26(35)10-9-24(21-5-3-4-6-21)32-29(36)22(15-20(2)34)16-28-31-25-8-7-23(30)17-27(25)39-28/h7-8,17,21-22,24H,1,3-6,9-16,18H2,2H3,(H,32,36)/t22-,24+/m0/s1. The molecule has 0 bridgehead atoms. The van der Waals surface area contributed by atoms with Crippen LogP contribution in [-0.4, -0.2) is 73.0 Å². The van der Waals surface area contributed by atoms with Gasteiger partial charge in [-0.3, -0.25) is 14.5 Å². The summed E-state index contributed by atoms with van der Waals surface area (Å²) in [6.45, 7) is 6.65. The summed E-state index contributed by atoms with van der Waals surface area (Å²) in [4.78, 5) is 45.2. The van der Waals surface area contributed by atoms with E-state index >= 15 is 0 Å². The SMILES string of the molecule is C=C(CN1CCS(=O)(=O)CC1)C(=O)CC[C@@H](NC(=O)[C@@H](CC(C)=O)Cc1nc2ccc(Cl)cc2s1)C1CCCC1. The molecular formula is C29H38ClN3O5S2. The number of amides is 1. The lowest BCUT2D eigenvalue weighted by Gasteiger charge is -2.28. The first-order valence-electron chi connectivity index (χ1n) is 14.0. The van der Waals surface area contributed by atoms with E-state index in [1.165, 1.54) is 18.3 Å². The topological polar surface area (TPSA) is 114 Å². The van der Waals surface area contributed by atoms with E-state index in [1.54, 1.807) is 6.07 Å². The summed E-state index contributed by atoms with van der Waals surface area (Å²) in [6, 6.07) is 5.33. The maximum atomic E-state index is 13.5. The number of benzene rings is 1. The van der Waals surface area contributed by atoms with Crippen molar-refractivity contribution >= 4 is 60.5 Å². The molecule has 1 aliphatic heterocycles. The van der Waals surface area contributed by atoms with E-state index in [-0.39, 0.29) is 47.9 Å². The minimum Gasteiger partial charge on any atom is -0.353 e. The van der Waals surface area contributed by atoms with Crippen LogP contribution < -0.4 is 5.32 Å². The molecule has 2 fully saturated rings. The number of fused-ring (bicyclic) bond motifs is 1. The van der Waals surface area contributed by atoms with Crippen LogP contribution in [0.1, 0.15) is 56.9 Å². The number of thiazole rings is 1. The van der Waals surface area contributed by atoms with Crippen LogP contribution in [0.15, 0.2) is 30.4 Å². The Hall–Kier alpha value is -2.14. The van der Waals surface area contributed by atoms with Crippen LogP contribution in [0.25, 0.3) is 10.2 Å². The molecule has 1 saturated heterocycles. The van der Waals surface area contributed by atoms with E-state index < -0.39 is 15.8 Å². The number of rotatable bonds is 13. The minimum atomic E-state index is -2.98. The summed E-state index contributed by atoms with van der Waals surface area (Å²) in [5.74, 6) is -0.325. The fraction of sp³-hybridized carbons (Fsp3) is 0.586. The zero-order valence-electron chi connectivity index (χ0n) is 23.0. The summed E-state index contributed by atoms with van der Waals surface area (Å²) < 4.78 is 24.3. The molecule has 218 valence electrons. The van der Waals surface area contributed by atoms with E-state index in [0.717, 1.165) is 40.9 Å². The summed E-state index contributed by atoms with van der Waals surface area (Å²) in [6.07, 6.45) is 5.46. The zero-order chi connectivity index (χ0) is 28.9. The highest BCUT2D eigenvalue weighted by atomic mass is 35.5. The Bertz CT molecular complexity index is 1350. The molecular weight excluding hydrogens is 570 g/mol. The number of hydrogen-bond acceptors (Lipinski definition) is 8. The van der Waals surface area contributed by atoms with E-state index in [9.17, 15) is 22.8 Å². The first-order chi connectivity index (χ1) is 19.0. The van der Waals surface area contributed by atoms with Crippen LogP contribution in [0.5, 0.6) is 0 Å². The maximum Gasteiger partial charge on any atom is 0.224 e. The van der Waals surface area contributed by atoms with E-state index in [2.05, 4.69) is 16.9 Å². The second-order valence-electron chi connectivity index (χ2n) is 11.2. The van der Waals surface area contributed by atoms with Gasteiger partial charge in [0, 0.05) is 55.5 Å². The molecule has 2 atom stereocenters. The molecule has 2 heterocycles. The highest BCUT2D eigenvalue weighted by Gasteiger charge is 2.31. The highest BCUT2D eigenvalue weighted by molar-refractivity contribution is 7.91. The molecule has 0 unspecified atom stereocenters. The Balaban J connectivity index is 1.38. The van der Waals surface area contributed by atoms with Gasteiger partial charge in [0.25, 0.3) is 0 Å². The number of nitrogens with one attached hydrogen (secondary N) is 1. The molecule has 1 N–H and O–H groups in total. The van der Waals surface area contributed by atoms with Gasteiger partial charge in [0.2, 0.25) is 5.91 Å². The number of halogens is 1. The quantitative estimate of drug-likeness (QED) is 0.336. The Morgan fingerprint density at radius 2 is 1.90 bits per heavy atom. The number of carbonyl (C=O) groups excluding carboxylic acids is 3. The molecule has 8 nitrogen and oxygen atoms in total. The first-order valence-corrected chi connectivity index (χ1v) is 17.0. The third-order valence-electron chi connectivity index (χ3n) is 7.95. The molecule has 1 aromatic heterocycles. The fourth-order valence-electron chi connectivity index (χ4n) is 5.66. The van der Waals surface area contributed by atoms with Crippen molar-refractivity contribution in [3.63, 3.8) is 0 Å². The van der Waals surface area contributed by atoms with Crippen molar-refractivity contribution in [3.8, 4) is 0 Å². The third kappa shape index (κ3) is 8.68. The van der Waals surface area contributed by atoms with Gasteiger partial charge < -0.3 is 10.1 Å². The fourth-order valence-corrected chi connectivity index (χ4v) is 8.26. The molecule has 1 amide bonds. The number of sulfone groups is 1. The van der Waals surface area contributed by atoms with E-state index in [4.69, 9.17) is 11.6 Å². The Labute approximate surface area is 245 Å². The maximum absolute atomic E-state index is 13.5. The van der Waals surface area contributed by atoms with Gasteiger partial charge in [0.15, 0.2) is 15.6 Å². The van der Waals surface area contributed by atoms with Crippen molar-refractivity contribution in [3.05, 3.63) is 40.4 Å². The number of ketones is 2. The molecule has 11 heteroatoms. The van der Waals surface area contributed by atoms with Crippen LogP contribution in [0.3, 0.4) is 0 Å². The van der Waals surface area contributed by atoms with Gasteiger partial charge in [-0.05, 0) is 50.3 Å². The Morgan fingerprint density at radius 1 is 1.20 bits per heavy atom.